The van der Waals surface area contributed by atoms with Crippen molar-refractivity contribution in [3.63, 3.8) is 0 Å². The molecule has 18 heavy (non-hydrogen) atoms. The predicted octanol–water partition coefficient (Wildman–Crippen LogP) is 3.22. The first-order chi connectivity index (χ1) is 8.54. The van der Waals surface area contributed by atoms with Crippen LogP contribution in [0.5, 0.6) is 0 Å². The third-order valence-corrected chi connectivity index (χ3v) is 6.59. The monoisotopic (exact) mass is 292 g/mol. The van der Waals surface area contributed by atoms with Crippen LogP contribution in [0.2, 0.25) is 0 Å². The Labute approximate surface area is 120 Å². The zero-order chi connectivity index (χ0) is 13.5. The van der Waals surface area contributed by atoms with Gasteiger partial charge in [0, 0.05) is 11.0 Å². The lowest BCUT2D eigenvalue weighted by atomic mass is 9.77. The van der Waals surface area contributed by atoms with E-state index in [1.165, 1.54) is 19.3 Å². The molecule has 5 atom stereocenters. The van der Waals surface area contributed by atoms with Gasteiger partial charge >= 0.3 is 0 Å². The first-order valence-corrected chi connectivity index (χ1v) is 9.16. The average Bonchev–Trinajstić information content (AvgIpc) is 2.31. The Morgan fingerprint density at radius 3 is 2.61 bits per heavy atom. The molecule has 108 valence electrons. The van der Waals surface area contributed by atoms with Crippen LogP contribution in [-0.4, -0.2) is 39.0 Å². The Bertz CT molecular complexity index is 224. The van der Waals surface area contributed by atoms with Gasteiger partial charge < -0.3 is 10.2 Å². The lowest BCUT2D eigenvalue weighted by Gasteiger charge is -2.37. The molecule has 1 saturated carbocycles. The highest BCUT2D eigenvalue weighted by molar-refractivity contribution is 8.00. The van der Waals surface area contributed by atoms with Crippen molar-refractivity contribution in [2.75, 3.05) is 18.1 Å². The Balaban J connectivity index is 2.37. The summed E-state index contributed by atoms with van der Waals surface area (Å²) in [7, 11) is 0. The molecule has 2 N–H and O–H groups in total. The molecule has 1 aliphatic carbocycles. The van der Waals surface area contributed by atoms with Crippen LogP contribution in [0.1, 0.15) is 40.0 Å². The first kappa shape index (κ1) is 16.7. The van der Waals surface area contributed by atoms with Crippen LogP contribution in [0, 0.1) is 17.8 Å². The summed E-state index contributed by atoms with van der Waals surface area (Å²) in [4.78, 5) is 0. The molecule has 0 aliphatic heterocycles. The smallest absolute Gasteiger partial charge is 0.0967 e. The van der Waals surface area contributed by atoms with Gasteiger partial charge in [-0.2, -0.15) is 11.8 Å². The van der Waals surface area contributed by atoms with E-state index in [-0.39, 0.29) is 5.44 Å². The highest BCUT2D eigenvalue weighted by atomic mass is 32.2. The van der Waals surface area contributed by atoms with Crippen LogP contribution in [0.4, 0.5) is 0 Å². The lowest BCUT2D eigenvalue weighted by Crippen LogP contribution is -2.30. The maximum Gasteiger partial charge on any atom is 0.0967 e. The van der Waals surface area contributed by atoms with Crippen molar-refractivity contribution >= 4 is 23.5 Å². The highest BCUT2D eigenvalue weighted by Gasteiger charge is 2.31. The first-order valence-electron chi connectivity index (χ1n) is 7.06. The van der Waals surface area contributed by atoms with Crippen molar-refractivity contribution in [3.8, 4) is 0 Å². The Morgan fingerprint density at radius 2 is 2.00 bits per heavy atom. The van der Waals surface area contributed by atoms with E-state index in [0.717, 1.165) is 29.3 Å². The summed E-state index contributed by atoms with van der Waals surface area (Å²) in [6.45, 7) is 6.83. The molecule has 2 nitrogen and oxygen atoms in total. The molecule has 0 aromatic carbocycles. The Kier molecular flexibility index (Phi) is 8.08. The van der Waals surface area contributed by atoms with Crippen molar-refractivity contribution < 1.29 is 10.2 Å². The summed E-state index contributed by atoms with van der Waals surface area (Å²) in [5.74, 6) is 4.28. The van der Waals surface area contributed by atoms with Crippen molar-refractivity contribution in [1.29, 1.82) is 0 Å². The van der Waals surface area contributed by atoms with Gasteiger partial charge in [0.05, 0.1) is 12.0 Å². The van der Waals surface area contributed by atoms with E-state index in [9.17, 15) is 5.11 Å². The predicted molar refractivity (Wildman–Crippen MR) is 83.1 cm³/mol. The SMILES string of the molecule is CC(O)SC1CC(C(C)CSCCO)CCC1C. The van der Waals surface area contributed by atoms with Crippen LogP contribution in [0.25, 0.3) is 0 Å². The fourth-order valence-electron chi connectivity index (χ4n) is 2.74. The summed E-state index contributed by atoms with van der Waals surface area (Å²) in [6.07, 6.45) is 3.88. The topological polar surface area (TPSA) is 40.5 Å². The highest BCUT2D eigenvalue weighted by Crippen LogP contribution is 2.41. The molecule has 5 unspecified atom stereocenters. The lowest BCUT2D eigenvalue weighted by molar-refractivity contribution is 0.237. The summed E-state index contributed by atoms with van der Waals surface area (Å²) in [6, 6.07) is 0. The number of thioether (sulfide) groups is 2. The van der Waals surface area contributed by atoms with Crippen molar-refractivity contribution in [2.24, 2.45) is 17.8 Å². The fraction of sp³-hybridized carbons (Fsp3) is 1.00. The van der Waals surface area contributed by atoms with E-state index in [2.05, 4.69) is 13.8 Å². The molecule has 1 fully saturated rings. The van der Waals surface area contributed by atoms with E-state index in [1.54, 1.807) is 11.8 Å². The van der Waals surface area contributed by atoms with Crippen LogP contribution >= 0.6 is 23.5 Å². The van der Waals surface area contributed by atoms with Crippen LogP contribution in [0.3, 0.4) is 0 Å². The largest absolute Gasteiger partial charge is 0.396 e. The average molecular weight is 293 g/mol. The number of aliphatic hydroxyl groups is 2. The van der Waals surface area contributed by atoms with Gasteiger partial charge in [-0.15, -0.1) is 11.8 Å². The summed E-state index contributed by atoms with van der Waals surface area (Å²) in [5.41, 5.74) is -0.240. The maximum atomic E-state index is 9.55. The minimum absolute atomic E-state index is 0.240. The van der Waals surface area contributed by atoms with Crippen LogP contribution in [0.15, 0.2) is 0 Å². The van der Waals surface area contributed by atoms with Gasteiger partial charge in [0.25, 0.3) is 0 Å². The standard InChI is InChI=1S/C14H28O2S2/c1-10-4-5-13(8-14(10)18-12(3)16)11(2)9-17-7-6-15/h10-16H,4-9H2,1-3H3. The number of hydrogen-bond donors (Lipinski definition) is 2. The van der Waals surface area contributed by atoms with Crippen molar-refractivity contribution in [1.82, 2.24) is 0 Å². The summed E-state index contributed by atoms with van der Waals surface area (Å²) < 4.78 is 0. The van der Waals surface area contributed by atoms with Gasteiger partial charge in [0.1, 0.15) is 0 Å². The molecule has 0 aromatic heterocycles. The quantitative estimate of drug-likeness (QED) is 0.558. The minimum Gasteiger partial charge on any atom is -0.396 e. The van der Waals surface area contributed by atoms with Gasteiger partial charge in [-0.3, -0.25) is 0 Å². The molecular formula is C14H28O2S2. The zero-order valence-electron chi connectivity index (χ0n) is 11.8. The van der Waals surface area contributed by atoms with E-state index < -0.39 is 0 Å². The second kappa shape index (κ2) is 8.72. The number of hydrogen-bond acceptors (Lipinski definition) is 4. The Morgan fingerprint density at radius 1 is 1.28 bits per heavy atom. The molecule has 1 rings (SSSR count). The van der Waals surface area contributed by atoms with E-state index in [4.69, 9.17) is 5.11 Å². The molecule has 0 amide bonds. The maximum absolute atomic E-state index is 9.55. The molecule has 0 spiro atoms. The van der Waals surface area contributed by atoms with Gasteiger partial charge in [-0.1, -0.05) is 13.8 Å². The second-order valence-electron chi connectivity index (χ2n) is 5.60. The molecule has 0 heterocycles. The third-order valence-electron chi connectivity index (χ3n) is 3.96. The number of rotatable bonds is 7. The molecular weight excluding hydrogens is 264 g/mol. The van der Waals surface area contributed by atoms with Gasteiger partial charge in [0.15, 0.2) is 0 Å². The van der Waals surface area contributed by atoms with Gasteiger partial charge in [-0.05, 0) is 49.7 Å². The minimum atomic E-state index is -0.240. The van der Waals surface area contributed by atoms with Gasteiger partial charge in [0.2, 0.25) is 0 Å². The molecule has 0 bridgehead atoms. The second-order valence-corrected chi connectivity index (χ2v) is 8.31. The molecule has 0 aromatic rings. The van der Waals surface area contributed by atoms with E-state index in [1.807, 2.05) is 18.7 Å². The van der Waals surface area contributed by atoms with Crippen LogP contribution in [-0.2, 0) is 0 Å². The molecule has 0 saturated heterocycles. The summed E-state index contributed by atoms with van der Waals surface area (Å²) in [5, 5.41) is 19.0. The Hall–Kier alpha value is 0.620. The zero-order valence-corrected chi connectivity index (χ0v) is 13.5. The normalized spacial score (nSPS) is 32.2. The summed E-state index contributed by atoms with van der Waals surface area (Å²) >= 11 is 3.61. The molecule has 1 aliphatic rings. The fourth-order valence-corrected chi connectivity index (χ4v) is 4.95. The van der Waals surface area contributed by atoms with Crippen molar-refractivity contribution in [2.45, 2.75) is 50.7 Å². The molecule has 0 radical (unpaired) electrons. The van der Waals surface area contributed by atoms with E-state index >= 15 is 0 Å². The van der Waals surface area contributed by atoms with Crippen molar-refractivity contribution in [3.05, 3.63) is 0 Å². The van der Waals surface area contributed by atoms with E-state index in [0.29, 0.717) is 11.9 Å². The third kappa shape index (κ3) is 5.72. The van der Waals surface area contributed by atoms with Gasteiger partial charge in [-0.25, -0.2) is 0 Å². The molecule has 4 heteroatoms. The van der Waals surface area contributed by atoms with Crippen LogP contribution < -0.4 is 0 Å². The number of aliphatic hydroxyl groups excluding tert-OH is 2.